The number of aliphatic hydroxyl groups excluding tert-OH is 1. The highest BCUT2D eigenvalue weighted by molar-refractivity contribution is 5.06. The Balaban J connectivity index is 2.34. The maximum absolute atomic E-state index is 8.82. The van der Waals surface area contributed by atoms with Crippen molar-refractivity contribution in [1.29, 1.82) is 0 Å². The number of aliphatic hydroxyl groups is 1. The molecule has 0 aromatic carbocycles. The van der Waals surface area contributed by atoms with Gasteiger partial charge < -0.3 is 19.6 Å². The Labute approximate surface area is 90.2 Å². The zero-order chi connectivity index (χ0) is 11.1. The number of ether oxygens (including phenoxy) is 1. The molecule has 1 rings (SSSR count). The summed E-state index contributed by atoms with van der Waals surface area (Å²) >= 11 is 0. The molecule has 1 atom stereocenters. The first kappa shape index (κ1) is 12.2. The Morgan fingerprint density at radius 3 is 2.73 bits per heavy atom. The number of rotatable bonds is 7. The van der Waals surface area contributed by atoms with E-state index in [1.807, 2.05) is 6.07 Å². The molecule has 0 saturated heterocycles. The third-order valence-corrected chi connectivity index (χ3v) is 2.30. The van der Waals surface area contributed by atoms with Gasteiger partial charge in [0, 0.05) is 13.2 Å². The lowest BCUT2D eigenvalue weighted by atomic mass is 10.2. The van der Waals surface area contributed by atoms with Crippen LogP contribution in [0.2, 0.25) is 0 Å². The Bertz CT molecular complexity index is 273. The third-order valence-electron chi connectivity index (χ3n) is 2.30. The first-order valence-corrected chi connectivity index (χ1v) is 5.21. The SMILES string of the molecule is CCC(COC)NCc1ccc(CO)o1. The zero-order valence-corrected chi connectivity index (χ0v) is 9.32. The van der Waals surface area contributed by atoms with Gasteiger partial charge in [-0.15, -0.1) is 0 Å². The predicted octanol–water partition coefficient (Wildman–Crippen LogP) is 1.29. The summed E-state index contributed by atoms with van der Waals surface area (Å²) in [5, 5.41) is 12.1. The van der Waals surface area contributed by atoms with Crippen molar-refractivity contribution in [3.63, 3.8) is 0 Å². The molecule has 0 radical (unpaired) electrons. The second-order valence-electron chi connectivity index (χ2n) is 3.47. The van der Waals surface area contributed by atoms with Crippen molar-refractivity contribution in [2.24, 2.45) is 0 Å². The fourth-order valence-corrected chi connectivity index (χ4v) is 1.37. The molecule has 0 bridgehead atoms. The molecule has 1 aromatic heterocycles. The van der Waals surface area contributed by atoms with Gasteiger partial charge in [0.2, 0.25) is 0 Å². The van der Waals surface area contributed by atoms with Crippen LogP contribution in [0, 0.1) is 0 Å². The number of hydrogen-bond donors (Lipinski definition) is 2. The van der Waals surface area contributed by atoms with Crippen LogP contribution in [0.15, 0.2) is 16.5 Å². The molecule has 0 spiro atoms. The van der Waals surface area contributed by atoms with Gasteiger partial charge in [0.25, 0.3) is 0 Å². The summed E-state index contributed by atoms with van der Waals surface area (Å²) in [6.45, 7) is 3.43. The Morgan fingerprint density at radius 2 is 2.20 bits per heavy atom. The summed E-state index contributed by atoms with van der Waals surface area (Å²) < 4.78 is 10.4. The van der Waals surface area contributed by atoms with Crippen molar-refractivity contribution in [3.05, 3.63) is 23.7 Å². The van der Waals surface area contributed by atoms with E-state index in [4.69, 9.17) is 14.3 Å². The molecule has 0 amide bonds. The lowest BCUT2D eigenvalue weighted by Gasteiger charge is -2.14. The van der Waals surface area contributed by atoms with Crippen LogP contribution in [0.4, 0.5) is 0 Å². The monoisotopic (exact) mass is 213 g/mol. The topological polar surface area (TPSA) is 54.6 Å². The third kappa shape index (κ3) is 4.03. The molecular weight excluding hydrogens is 194 g/mol. The highest BCUT2D eigenvalue weighted by Crippen LogP contribution is 2.07. The molecule has 4 heteroatoms. The Kier molecular flexibility index (Phi) is 5.39. The van der Waals surface area contributed by atoms with Crippen LogP contribution in [0.1, 0.15) is 24.9 Å². The fourth-order valence-electron chi connectivity index (χ4n) is 1.37. The van der Waals surface area contributed by atoms with Crippen molar-refractivity contribution >= 4 is 0 Å². The van der Waals surface area contributed by atoms with Crippen molar-refractivity contribution < 1.29 is 14.3 Å². The summed E-state index contributed by atoms with van der Waals surface area (Å²) in [7, 11) is 1.70. The minimum atomic E-state index is -0.0464. The maximum atomic E-state index is 8.82. The van der Waals surface area contributed by atoms with Crippen molar-refractivity contribution in [2.45, 2.75) is 32.5 Å². The van der Waals surface area contributed by atoms with Crippen molar-refractivity contribution in [1.82, 2.24) is 5.32 Å². The second-order valence-corrected chi connectivity index (χ2v) is 3.47. The summed E-state index contributed by atoms with van der Waals surface area (Å²) in [6, 6.07) is 4.00. The minimum Gasteiger partial charge on any atom is -0.462 e. The lowest BCUT2D eigenvalue weighted by molar-refractivity contribution is 0.162. The summed E-state index contributed by atoms with van der Waals surface area (Å²) in [5.41, 5.74) is 0. The molecule has 4 nitrogen and oxygen atoms in total. The van der Waals surface area contributed by atoms with E-state index in [9.17, 15) is 0 Å². The highest BCUT2D eigenvalue weighted by Gasteiger charge is 2.06. The van der Waals surface area contributed by atoms with Crippen LogP contribution in [-0.2, 0) is 17.9 Å². The minimum absolute atomic E-state index is 0.0464. The summed E-state index contributed by atoms with van der Waals surface area (Å²) in [6.07, 6.45) is 1.02. The van der Waals surface area contributed by atoms with Crippen molar-refractivity contribution in [3.8, 4) is 0 Å². The lowest BCUT2D eigenvalue weighted by Crippen LogP contribution is -2.31. The highest BCUT2D eigenvalue weighted by atomic mass is 16.5. The largest absolute Gasteiger partial charge is 0.462 e. The van der Waals surface area contributed by atoms with Gasteiger partial charge in [0.05, 0.1) is 13.2 Å². The van der Waals surface area contributed by atoms with Crippen LogP contribution in [0.25, 0.3) is 0 Å². The van der Waals surface area contributed by atoms with E-state index >= 15 is 0 Å². The van der Waals surface area contributed by atoms with Crippen molar-refractivity contribution in [2.75, 3.05) is 13.7 Å². The van der Waals surface area contributed by atoms with Crippen LogP contribution < -0.4 is 5.32 Å². The number of nitrogens with one attached hydrogen (secondary N) is 1. The van der Waals surface area contributed by atoms with E-state index in [1.54, 1.807) is 13.2 Å². The van der Waals surface area contributed by atoms with Gasteiger partial charge >= 0.3 is 0 Å². The van der Waals surface area contributed by atoms with Crippen LogP contribution in [0.5, 0.6) is 0 Å². The molecule has 0 aliphatic rings. The van der Waals surface area contributed by atoms with E-state index in [0.29, 0.717) is 25.0 Å². The quantitative estimate of drug-likeness (QED) is 0.716. The Morgan fingerprint density at radius 1 is 1.47 bits per heavy atom. The average molecular weight is 213 g/mol. The second kappa shape index (κ2) is 6.61. The standard InChI is InChI=1S/C11H19NO3/c1-3-9(8-14-2)12-6-10-4-5-11(7-13)15-10/h4-5,9,12-13H,3,6-8H2,1-2H3. The first-order chi connectivity index (χ1) is 7.30. The van der Waals surface area contributed by atoms with Crippen LogP contribution in [-0.4, -0.2) is 24.9 Å². The molecule has 1 aromatic rings. The van der Waals surface area contributed by atoms with Crippen LogP contribution in [0.3, 0.4) is 0 Å². The number of methoxy groups -OCH3 is 1. The number of furan rings is 1. The molecule has 0 saturated carbocycles. The molecule has 15 heavy (non-hydrogen) atoms. The fraction of sp³-hybridized carbons (Fsp3) is 0.636. The molecule has 86 valence electrons. The summed E-state index contributed by atoms with van der Waals surface area (Å²) in [4.78, 5) is 0. The summed E-state index contributed by atoms with van der Waals surface area (Å²) in [5.74, 6) is 1.44. The first-order valence-electron chi connectivity index (χ1n) is 5.21. The van der Waals surface area contributed by atoms with Gasteiger partial charge in [-0.2, -0.15) is 0 Å². The van der Waals surface area contributed by atoms with Crippen LogP contribution >= 0.6 is 0 Å². The van der Waals surface area contributed by atoms with E-state index in [0.717, 1.165) is 12.2 Å². The molecule has 0 aliphatic carbocycles. The normalized spacial score (nSPS) is 13.0. The van der Waals surface area contributed by atoms with E-state index in [1.165, 1.54) is 0 Å². The maximum Gasteiger partial charge on any atom is 0.129 e. The van der Waals surface area contributed by atoms with Gasteiger partial charge in [0.15, 0.2) is 0 Å². The predicted molar refractivity (Wildman–Crippen MR) is 57.4 cm³/mol. The van der Waals surface area contributed by atoms with E-state index in [2.05, 4.69) is 12.2 Å². The molecular formula is C11H19NO3. The number of hydrogen-bond acceptors (Lipinski definition) is 4. The smallest absolute Gasteiger partial charge is 0.129 e. The Hall–Kier alpha value is -0.840. The molecule has 1 heterocycles. The molecule has 1 unspecified atom stereocenters. The average Bonchev–Trinajstić information content (AvgIpc) is 2.72. The van der Waals surface area contributed by atoms with Gasteiger partial charge in [-0.05, 0) is 18.6 Å². The van der Waals surface area contributed by atoms with Gasteiger partial charge in [-0.25, -0.2) is 0 Å². The zero-order valence-electron chi connectivity index (χ0n) is 9.32. The molecule has 0 aliphatic heterocycles. The van der Waals surface area contributed by atoms with Gasteiger partial charge in [-0.1, -0.05) is 6.92 Å². The van der Waals surface area contributed by atoms with E-state index in [-0.39, 0.29) is 6.61 Å². The molecule has 2 N–H and O–H groups in total. The van der Waals surface area contributed by atoms with Gasteiger partial charge in [0.1, 0.15) is 18.1 Å². The molecule has 0 fully saturated rings. The van der Waals surface area contributed by atoms with E-state index < -0.39 is 0 Å². The van der Waals surface area contributed by atoms with Gasteiger partial charge in [-0.3, -0.25) is 0 Å².